The molecule has 52 heavy (non-hydrogen) atoms. The van der Waals surface area contributed by atoms with Crippen LogP contribution < -0.4 is 10.1 Å². The number of nitrogens with zero attached hydrogens (tertiary/aromatic N) is 1. The second kappa shape index (κ2) is 15.4. The summed E-state index contributed by atoms with van der Waals surface area (Å²) < 4.78 is 22.7. The average molecular weight is 757 g/mol. The number of benzene rings is 2. The molecule has 1 aliphatic heterocycles. The summed E-state index contributed by atoms with van der Waals surface area (Å²) in [4.78, 5) is 57.3. The number of ketones is 3. The van der Waals surface area contributed by atoms with Gasteiger partial charge in [0.1, 0.15) is 47.2 Å². The van der Waals surface area contributed by atoms with Gasteiger partial charge in [-0.15, -0.1) is 0 Å². The Morgan fingerprint density at radius 3 is 2.56 bits per heavy atom. The number of carbonyl (C=O) groups excluding carboxylic acids is 4. The number of ether oxygens (including phenoxy) is 4. The van der Waals surface area contributed by atoms with Crippen LogP contribution in [-0.2, 0) is 25.4 Å². The van der Waals surface area contributed by atoms with Gasteiger partial charge in [0.05, 0.1) is 42.0 Å². The molecule has 0 saturated carbocycles. The molecule has 4 unspecified atom stereocenters. The lowest BCUT2D eigenvalue weighted by molar-refractivity contribution is -0.249. The molecular formula is C35H36N2O13S2. The molecule has 6 rings (SSSR count). The summed E-state index contributed by atoms with van der Waals surface area (Å²) >= 11 is 0. The number of phenolic OH excluding ortho intramolecular Hbond substituents is 2. The number of hydrogen-bond acceptors (Lipinski definition) is 16. The first kappa shape index (κ1) is 37.5. The van der Waals surface area contributed by atoms with Gasteiger partial charge in [-0.05, 0) is 35.9 Å². The van der Waals surface area contributed by atoms with Gasteiger partial charge >= 0.3 is 6.09 Å². The highest BCUT2D eigenvalue weighted by Crippen LogP contribution is 2.52. The molecule has 6 atom stereocenters. The van der Waals surface area contributed by atoms with E-state index in [9.17, 15) is 44.7 Å². The lowest BCUT2D eigenvalue weighted by atomic mass is 9.72. The van der Waals surface area contributed by atoms with E-state index < -0.39 is 102 Å². The second-order valence-electron chi connectivity index (χ2n) is 12.5. The van der Waals surface area contributed by atoms with E-state index in [-0.39, 0.29) is 41.0 Å². The number of aliphatic hydroxyl groups is 3. The molecule has 0 radical (unpaired) electrons. The number of fused-ring (bicyclic) bond motifs is 3. The maximum Gasteiger partial charge on any atom is 0.407 e. The van der Waals surface area contributed by atoms with Crippen molar-refractivity contribution in [2.45, 2.75) is 67.5 Å². The summed E-state index contributed by atoms with van der Waals surface area (Å²) in [6, 6.07) is 8.88. The predicted octanol–water partition coefficient (Wildman–Crippen LogP) is 2.60. The van der Waals surface area contributed by atoms with E-state index in [1.807, 2.05) is 12.1 Å². The third kappa shape index (κ3) is 7.09. The number of aromatic hydroxyl groups is 2. The number of nitrogens with one attached hydrogen (secondary N) is 1. The van der Waals surface area contributed by atoms with Gasteiger partial charge < -0.3 is 49.8 Å². The fraction of sp³-hybridized carbons (Fsp3) is 0.400. The summed E-state index contributed by atoms with van der Waals surface area (Å²) in [6.45, 7) is 0.519. The Hall–Kier alpha value is -4.23. The SMILES string of the molecule is COc1cccc2c1C(=O)c1c(O)c3c(c(O)c1C2=O)C[C@@](O)(C(=O)CO)C[C@@H]3OC1CC(NC(=O)OCCSSc2ccccn2)C(O)C(C)O1. The molecule has 0 spiro atoms. The molecule has 3 aliphatic rings. The van der Waals surface area contributed by atoms with Crippen LogP contribution in [0, 0.1) is 0 Å². The standard InChI is InChI=1S/C35H36N2O13S2/c1-16-29(40)19(37-34(45)48-10-11-51-52-23-8-3-4-9-36-23)12-24(49-16)50-21-14-35(46,22(39)15-38)13-18-26(21)33(44)28-27(31(18)42)30(41)17-6-5-7-20(47-2)25(17)32(28)43/h3-9,16,19,21,24,29,38,40,42,44,46H,10-15H2,1-2H3,(H,37,45)/t16?,19?,21-,24?,29?,35-/m0/s1. The maximum atomic E-state index is 13.9. The highest BCUT2D eigenvalue weighted by molar-refractivity contribution is 8.76. The van der Waals surface area contributed by atoms with E-state index in [2.05, 4.69) is 10.3 Å². The maximum absolute atomic E-state index is 13.9. The molecule has 0 bridgehead atoms. The van der Waals surface area contributed by atoms with Crippen LogP contribution in [0.3, 0.4) is 0 Å². The van der Waals surface area contributed by atoms with Gasteiger partial charge in [0.15, 0.2) is 17.9 Å². The first-order chi connectivity index (χ1) is 24.9. The summed E-state index contributed by atoms with van der Waals surface area (Å²) in [7, 11) is 4.17. The van der Waals surface area contributed by atoms with Crippen LogP contribution in [0.5, 0.6) is 17.2 Å². The first-order valence-corrected chi connectivity index (χ1v) is 18.6. The highest BCUT2D eigenvalue weighted by Gasteiger charge is 2.50. The van der Waals surface area contributed by atoms with Crippen LogP contribution in [0.1, 0.15) is 68.8 Å². The number of hydrogen-bond donors (Lipinski definition) is 6. The van der Waals surface area contributed by atoms with Crippen LogP contribution in [0.4, 0.5) is 4.79 Å². The van der Waals surface area contributed by atoms with Crippen LogP contribution >= 0.6 is 21.6 Å². The van der Waals surface area contributed by atoms with Crippen molar-refractivity contribution in [2.75, 3.05) is 26.1 Å². The Morgan fingerprint density at radius 1 is 1.08 bits per heavy atom. The number of rotatable bonds is 11. The van der Waals surface area contributed by atoms with Gasteiger partial charge in [-0.2, -0.15) is 0 Å². The van der Waals surface area contributed by atoms with Gasteiger partial charge in [0.2, 0.25) is 5.78 Å². The Bertz CT molecular complexity index is 1890. The van der Waals surface area contributed by atoms with E-state index >= 15 is 0 Å². The summed E-state index contributed by atoms with van der Waals surface area (Å²) in [5.74, 6) is -3.59. The molecule has 2 aromatic carbocycles. The Morgan fingerprint density at radius 2 is 1.85 bits per heavy atom. The number of amides is 1. The number of methoxy groups -OCH3 is 1. The third-order valence-electron chi connectivity index (χ3n) is 9.25. The number of Topliss-reactive ketones (excluding diaryl/α,β-unsaturated/α-hetero) is 1. The Labute approximate surface area is 305 Å². The van der Waals surface area contributed by atoms with Crippen LogP contribution in [0.25, 0.3) is 0 Å². The van der Waals surface area contributed by atoms with Crippen molar-refractivity contribution >= 4 is 45.0 Å². The largest absolute Gasteiger partial charge is 0.507 e. The molecule has 2 heterocycles. The molecule has 1 aromatic heterocycles. The lowest BCUT2D eigenvalue weighted by Crippen LogP contribution is -2.56. The zero-order chi connectivity index (χ0) is 37.3. The lowest BCUT2D eigenvalue weighted by Gasteiger charge is -2.42. The molecule has 15 nitrogen and oxygen atoms in total. The Balaban J connectivity index is 1.25. The molecule has 2 aliphatic carbocycles. The van der Waals surface area contributed by atoms with E-state index in [1.165, 1.54) is 53.8 Å². The van der Waals surface area contributed by atoms with Crippen molar-refractivity contribution in [3.05, 3.63) is 76.0 Å². The van der Waals surface area contributed by atoms with E-state index in [4.69, 9.17) is 18.9 Å². The zero-order valence-electron chi connectivity index (χ0n) is 27.9. The van der Waals surface area contributed by atoms with Crippen molar-refractivity contribution in [3.8, 4) is 17.2 Å². The molecule has 6 N–H and O–H groups in total. The normalized spacial score (nSPS) is 25.1. The van der Waals surface area contributed by atoms with E-state index in [0.717, 1.165) is 5.03 Å². The van der Waals surface area contributed by atoms with Gasteiger partial charge in [-0.25, -0.2) is 9.78 Å². The van der Waals surface area contributed by atoms with Gasteiger partial charge in [0.25, 0.3) is 0 Å². The van der Waals surface area contributed by atoms with E-state index in [1.54, 1.807) is 12.3 Å². The number of pyridine rings is 1. The number of carbonyl (C=O) groups is 4. The number of aromatic nitrogens is 1. The number of phenols is 2. The minimum Gasteiger partial charge on any atom is -0.507 e. The fourth-order valence-electron chi connectivity index (χ4n) is 6.72. The third-order valence-corrected chi connectivity index (χ3v) is 11.5. The van der Waals surface area contributed by atoms with Gasteiger partial charge in [-0.3, -0.25) is 14.4 Å². The minimum absolute atomic E-state index is 0.0616. The van der Waals surface area contributed by atoms with Crippen molar-refractivity contribution in [2.24, 2.45) is 0 Å². The van der Waals surface area contributed by atoms with Crippen LogP contribution in [-0.4, -0.2) is 110 Å². The van der Waals surface area contributed by atoms with Crippen molar-refractivity contribution in [3.63, 3.8) is 0 Å². The smallest absolute Gasteiger partial charge is 0.407 e. The monoisotopic (exact) mass is 756 g/mol. The molecule has 1 amide bonds. The molecule has 1 saturated heterocycles. The molecule has 1 fully saturated rings. The van der Waals surface area contributed by atoms with Crippen LogP contribution in [0.2, 0.25) is 0 Å². The summed E-state index contributed by atoms with van der Waals surface area (Å²) in [5.41, 5.74) is -4.01. The fourth-order valence-corrected chi connectivity index (χ4v) is 8.42. The first-order valence-electron chi connectivity index (χ1n) is 16.2. The second-order valence-corrected chi connectivity index (χ2v) is 14.9. The minimum atomic E-state index is -2.33. The molecular weight excluding hydrogens is 721 g/mol. The average Bonchev–Trinajstić information content (AvgIpc) is 3.13. The van der Waals surface area contributed by atoms with Gasteiger partial charge in [-0.1, -0.05) is 29.0 Å². The summed E-state index contributed by atoms with van der Waals surface area (Å²) in [5, 5.41) is 58.7. The summed E-state index contributed by atoms with van der Waals surface area (Å²) in [6.07, 6.45) is -5.30. The quantitative estimate of drug-likeness (QED) is 0.0734. The number of alkyl carbamates (subject to hydrolysis) is 1. The molecule has 17 heteroatoms. The molecule has 276 valence electrons. The van der Waals surface area contributed by atoms with Crippen molar-refractivity contribution < 1.29 is 63.7 Å². The predicted molar refractivity (Wildman–Crippen MR) is 185 cm³/mol. The molecule has 3 aromatic rings. The Kier molecular flexibility index (Phi) is 11.1. The number of aliphatic hydroxyl groups excluding tert-OH is 2. The van der Waals surface area contributed by atoms with Gasteiger partial charge in [0, 0.05) is 47.9 Å². The zero-order valence-corrected chi connectivity index (χ0v) is 29.6. The van der Waals surface area contributed by atoms with Crippen LogP contribution in [0.15, 0.2) is 47.6 Å². The topological polar surface area (TPSA) is 231 Å². The van der Waals surface area contributed by atoms with E-state index in [0.29, 0.717) is 5.75 Å². The van der Waals surface area contributed by atoms with Crippen molar-refractivity contribution in [1.29, 1.82) is 0 Å². The van der Waals surface area contributed by atoms with Crippen molar-refractivity contribution in [1.82, 2.24) is 10.3 Å². The highest BCUT2D eigenvalue weighted by atomic mass is 33.1.